The first kappa shape index (κ1) is 17.0. The lowest BCUT2D eigenvalue weighted by Crippen LogP contribution is -2.70. The monoisotopic (exact) mass is 312 g/mol. The second-order valence-electron chi connectivity index (χ2n) is 7.96. The van der Waals surface area contributed by atoms with Crippen molar-refractivity contribution in [2.24, 2.45) is 11.7 Å². The molecule has 126 valence electrons. The maximum absolute atomic E-state index is 6.45. The van der Waals surface area contributed by atoms with Crippen molar-refractivity contribution in [2.75, 3.05) is 13.1 Å². The summed E-state index contributed by atoms with van der Waals surface area (Å²) < 4.78 is 0. The number of aryl methyl sites for hydroxylation is 2. The highest BCUT2D eigenvalue weighted by Gasteiger charge is 2.50. The van der Waals surface area contributed by atoms with E-state index < -0.39 is 0 Å². The summed E-state index contributed by atoms with van der Waals surface area (Å²) in [6.45, 7) is 7.03. The van der Waals surface area contributed by atoms with E-state index in [1.807, 2.05) is 0 Å². The average molecular weight is 312 g/mol. The van der Waals surface area contributed by atoms with Crippen molar-refractivity contribution in [3.8, 4) is 0 Å². The molecule has 0 radical (unpaired) electrons. The molecule has 0 aromatic heterocycles. The van der Waals surface area contributed by atoms with E-state index in [2.05, 4.69) is 44.8 Å². The highest BCUT2D eigenvalue weighted by molar-refractivity contribution is 6.08. The molecule has 1 heterocycles. The van der Waals surface area contributed by atoms with Crippen molar-refractivity contribution in [3.05, 3.63) is 34.9 Å². The standard InChI is InChI=1S/C20H33BN2/c1-3-19(22)20(8-4-9-20)23-13-17(14-23)12-18-6-5-16(7-10-21)11-15(18)2/h5-6,11,17,19H,3-4,7-10,12-14,21-22H2,1-2H3. The second kappa shape index (κ2) is 6.98. The molecule has 2 aliphatic rings. The Labute approximate surface area is 143 Å². The first-order chi connectivity index (χ1) is 11.1. The third-order valence-corrected chi connectivity index (χ3v) is 6.39. The number of rotatable bonds is 7. The van der Waals surface area contributed by atoms with Gasteiger partial charge in [-0.15, -0.1) is 0 Å². The normalized spacial score (nSPS) is 22.4. The van der Waals surface area contributed by atoms with E-state index in [1.54, 1.807) is 5.56 Å². The van der Waals surface area contributed by atoms with Crippen LogP contribution < -0.4 is 5.73 Å². The van der Waals surface area contributed by atoms with Crippen LogP contribution in [0.2, 0.25) is 6.32 Å². The van der Waals surface area contributed by atoms with Gasteiger partial charge in [0.05, 0.1) is 0 Å². The molecule has 1 aromatic carbocycles. The fourth-order valence-electron chi connectivity index (χ4n) is 4.65. The molecule has 1 unspecified atom stereocenters. The summed E-state index contributed by atoms with van der Waals surface area (Å²) in [6.07, 6.45) is 8.79. The molecule has 1 aliphatic carbocycles. The summed E-state index contributed by atoms with van der Waals surface area (Å²) >= 11 is 0. The Morgan fingerprint density at radius 1 is 1.35 bits per heavy atom. The summed E-state index contributed by atoms with van der Waals surface area (Å²) in [5, 5.41) is 0. The molecular weight excluding hydrogens is 279 g/mol. The summed E-state index contributed by atoms with van der Waals surface area (Å²) in [4.78, 5) is 2.70. The maximum Gasteiger partial charge on any atom is 0.101 e. The molecule has 1 aromatic rings. The van der Waals surface area contributed by atoms with Gasteiger partial charge in [-0.25, -0.2) is 0 Å². The number of hydrogen-bond acceptors (Lipinski definition) is 2. The van der Waals surface area contributed by atoms with Gasteiger partial charge in [0.2, 0.25) is 0 Å². The minimum Gasteiger partial charge on any atom is -0.326 e. The first-order valence-corrected chi connectivity index (χ1v) is 9.68. The van der Waals surface area contributed by atoms with Crippen LogP contribution >= 0.6 is 0 Å². The Bertz CT molecular complexity index is 532. The highest BCUT2D eigenvalue weighted by Crippen LogP contribution is 2.44. The summed E-state index contributed by atoms with van der Waals surface area (Å²) in [7, 11) is 2.25. The van der Waals surface area contributed by atoms with Crippen molar-refractivity contribution in [1.29, 1.82) is 0 Å². The van der Waals surface area contributed by atoms with Gasteiger partial charge in [-0.3, -0.25) is 4.90 Å². The van der Waals surface area contributed by atoms with E-state index in [0.717, 1.165) is 12.3 Å². The largest absolute Gasteiger partial charge is 0.326 e. The van der Waals surface area contributed by atoms with Gasteiger partial charge >= 0.3 is 0 Å². The minimum absolute atomic E-state index is 0.352. The van der Waals surface area contributed by atoms with Gasteiger partial charge in [0.15, 0.2) is 0 Å². The van der Waals surface area contributed by atoms with Gasteiger partial charge in [-0.05, 0) is 68.1 Å². The predicted octanol–water partition coefficient (Wildman–Crippen LogP) is 2.72. The van der Waals surface area contributed by atoms with Crippen LogP contribution in [0.4, 0.5) is 0 Å². The summed E-state index contributed by atoms with van der Waals surface area (Å²) in [5.41, 5.74) is 11.3. The molecule has 3 heteroatoms. The molecule has 2 nitrogen and oxygen atoms in total. The van der Waals surface area contributed by atoms with Gasteiger partial charge in [0.1, 0.15) is 7.85 Å². The van der Waals surface area contributed by atoms with Crippen LogP contribution in [0.1, 0.15) is 49.3 Å². The third kappa shape index (κ3) is 3.23. The maximum atomic E-state index is 6.45. The van der Waals surface area contributed by atoms with Crippen LogP contribution in [0.25, 0.3) is 0 Å². The molecular formula is C20H33BN2. The molecule has 3 rings (SSSR count). The van der Waals surface area contributed by atoms with E-state index in [1.165, 1.54) is 62.6 Å². The molecule has 1 atom stereocenters. The zero-order valence-electron chi connectivity index (χ0n) is 15.3. The molecule has 0 spiro atoms. The zero-order valence-corrected chi connectivity index (χ0v) is 15.3. The van der Waals surface area contributed by atoms with Crippen molar-refractivity contribution in [1.82, 2.24) is 4.90 Å². The Morgan fingerprint density at radius 2 is 2.09 bits per heavy atom. The van der Waals surface area contributed by atoms with E-state index in [4.69, 9.17) is 5.73 Å². The van der Waals surface area contributed by atoms with Gasteiger partial charge in [0, 0.05) is 24.7 Å². The van der Waals surface area contributed by atoms with Crippen LogP contribution in [-0.4, -0.2) is 37.4 Å². The lowest BCUT2D eigenvalue weighted by atomic mass is 9.67. The topological polar surface area (TPSA) is 29.3 Å². The Morgan fingerprint density at radius 3 is 2.61 bits per heavy atom. The number of likely N-dealkylation sites (tertiary alicyclic amines) is 1. The number of hydrogen-bond donors (Lipinski definition) is 1. The van der Waals surface area contributed by atoms with Gasteiger partial charge in [0.25, 0.3) is 0 Å². The van der Waals surface area contributed by atoms with Crippen LogP contribution in [0, 0.1) is 12.8 Å². The Hall–Kier alpha value is -0.795. The number of nitrogens with two attached hydrogens (primary N) is 1. The van der Waals surface area contributed by atoms with Gasteiger partial charge < -0.3 is 5.73 Å². The van der Waals surface area contributed by atoms with E-state index in [0.29, 0.717) is 11.6 Å². The molecule has 2 fully saturated rings. The van der Waals surface area contributed by atoms with Gasteiger partial charge in [-0.2, -0.15) is 0 Å². The summed E-state index contributed by atoms with van der Waals surface area (Å²) in [6, 6.07) is 7.48. The second-order valence-corrected chi connectivity index (χ2v) is 7.96. The van der Waals surface area contributed by atoms with Crippen LogP contribution in [0.5, 0.6) is 0 Å². The summed E-state index contributed by atoms with van der Waals surface area (Å²) in [5.74, 6) is 0.826. The highest BCUT2D eigenvalue weighted by atomic mass is 15.3. The smallest absolute Gasteiger partial charge is 0.101 e. The van der Waals surface area contributed by atoms with E-state index >= 15 is 0 Å². The molecule has 23 heavy (non-hydrogen) atoms. The minimum atomic E-state index is 0.352. The Kier molecular flexibility index (Phi) is 5.18. The molecule has 2 N–H and O–H groups in total. The first-order valence-electron chi connectivity index (χ1n) is 9.68. The fourth-order valence-corrected chi connectivity index (χ4v) is 4.65. The van der Waals surface area contributed by atoms with Crippen molar-refractivity contribution >= 4 is 7.85 Å². The van der Waals surface area contributed by atoms with Crippen LogP contribution in [0.15, 0.2) is 18.2 Å². The average Bonchev–Trinajstić information content (AvgIpc) is 2.45. The molecule has 0 amide bonds. The van der Waals surface area contributed by atoms with Crippen molar-refractivity contribution in [2.45, 2.75) is 70.3 Å². The van der Waals surface area contributed by atoms with Gasteiger partial charge in [-0.1, -0.05) is 31.4 Å². The van der Waals surface area contributed by atoms with Crippen molar-refractivity contribution < 1.29 is 0 Å². The van der Waals surface area contributed by atoms with E-state index in [-0.39, 0.29) is 0 Å². The molecule has 0 bridgehead atoms. The lowest BCUT2D eigenvalue weighted by molar-refractivity contribution is -0.0772. The molecule has 1 saturated heterocycles. The predicted molar refractivity (Wildman–Crippen MR) is 102 cm³/mol. The molecule has 1 aliphatic heterocycles. The zero-order chi connectivity index (χ0) is 16.4. The number of nitrogens with zero attached hydrogens (tertiary/aromatic N) is 1. The Balaban J connectivity index is 1.56. The van der Waals surface area contributed by atoms with Crippen LogP contribution in [-0.2, 0) is 12.8 Å². The third-order valence-electron chi connectivity index (χ3n) is 6.39. The lowest BCUT2D eigenvalue weighted by Gasteiger charge is -2.59. The number of benzene rings is 1. The quantitative estimate of drug-likeness (QED) is 0.785. The van der Waals surface area contributed by atoms with E-state index in [9.17, 15) is 0 Å². The fraction of sp³-hybridized carbons (Fsp3) is 0.700. The van der Waals surface area contributed by atoms with Crippen molar-refractivity contribution in [3.63, 3.8) is 0 Å². The molecule has 1 saturated carbocycles. The van der Waals surface area contributed by atoms with Crippen LogP contribution in [0.3, 0.4) is 0 Å². The SMILES string of the molecule is BCCc1ccc(CC2CN(C3(C(N)CC)CCC3)C2)c(C)c1.